The first-order valence-corrected chi connectivity index (χ1v) is 9.45. The molecule has 0 aliphatic carbocycles. The molecule has 0 bridgehead atoms. The third kappa shape index (κ3) is 5.81. The number of carbonyl (C=O) groups excluding carboxylic acids is 2. The second-order valence-corrected chi connectivity index (χ2v) is 6.51. The van der Waals surface area contributed by atoms with E-state index in [1.165, 1.54) is 18.7 Å². The summed E-state index contributed by atoms with van der Waals surface area (Å²) in [5, 5.41) is 12.0. The summed E-state index contributed by atoms with van der Waals surface area (Å²) in [6.07, 6.45) is 0. The van der Waals surface area contributed by atoms with Gasteiger partial charge in [0.2, 0.25) is 5.91 Å². The first kappa shape index (κ1) is 21.9. The highest BCUT2D eigenvalue weighted by Gasteiger charge is 2.26. The Kier molecular flexibility index (Phi) is 7.77. The van der Waals surface area contributed by atoms with Gasteiger partial charge in [0.15, 0.2) is 0 Å². The van der Waals surface area contributed by atoms with Gasteiger partial charge >= 0.3 is 5.97 Å². The number of ether oxygens (including phenoxy) is 1. The van der Waals surface area contributed by atoms with E-state index in [0.29, 0.717) is 17.9 Å². The Hall–Kier alpha value is -3.35. The van der Waals surface area contributed by atoms with E-state index < -0.39 is 17.9 Å². The lowest BCUT2D eigenvalue weighted by Crippen LogP contribution is -2.46. The van der Waals surface area contributed by atoms with E-state index in [0.717, 1.165) is 11.1 Å². The number of amides is 2. The number of aliphatic carboxylic acids is 1. The number of carbonyl (C=O) groups is 3. The molecule has 0 saturated heterocycles. The Labute approximate surface area is 170 Å². The van der Waals surface area contributed by atoms with Gasteiger partial charge in [-0.1, -0.05) is 30.3 Å². The van der Waals surface area contributed by atoms with Gasteiger partial charge in [-0.3, -0.25) is 9.59 Å². The lowest BCUT2D eigenvalue weighted by molar-refractivity contribution is -0.141. The average molecular weight is 398 g/mol. The summed E-state index contributed by atoms with van der Waals surface area (Å²) in [5.41, 5.74) is 2.01. The van der Waals surface area contributed by atoms with Crippen molar-refractivity contribution in [2.75, 3.05) is 19.7 Å². The summed E-state index contributed by atoms with van der Waals surface area (Å²) in [6, 6.07) is 13.5. The van der Waals surface area contributed by atoms with Gasteiger partial charge in [-0.25, -0.2) is 4.79 Å². The van der Waals surface area contributed by atoms with Crippen molar-refractivity contribution in [1.29, 1.82) is 0 Å². The molecule has 0 heterocycles. The summed E-state index contributed by atoms with van der Waals surface area (Å²) in [7, 11) is 0. The summed E-state index contributed by atoms with van der Waals surface area (Å²) < 4.78 is 5.67. The smallest absolute Gasteiger partial charge is 0.326 e. The summed E-state index contributed by atoms with van der Waals surface area (Å²) >= 11 is 0. The third-order valence-corrected chi connectivity index (χ3v) is 4.42. The Morgan fingerprint density at radius 2 is 1.86 bits per heavy atom. The molecular weight excluding hydrogens is 372 g/mol. The highest BCUT2D eigenvalue weighted by Crippen LogP contribution is 2.30. The normalized spacial score (nSPS) is 11.4. The van der Waals surface area contributed by atoms with E-state index in [2.05, 4.69) is 5.32 Å². The van der Waals surface area contributed by atoms with Crippen molar-refractivity contribution < 1.29 is 24.2 Å². The minimum absolute atomic E-state index is 0.0889. The molecule has 0 saturated carbocycles. The van der Waals surface area contributed by atoms with E-state index in [-0.39, 0.29) is 19.0 Å². The number of carboxylic acid groups (broad SMARTS) is 1. The fourth-order valence-corrected chi connectivity index (χ4v) is 2.93. The van der Waals surface area contributed by atoms with Crippen LogP contribution in [0, 0.1) is 0 Å². The molecule has 0 aliphatic rings. The number of rotatable bonds is 9. The highest BCUT2D eigenvalue weighted by atomic mass is 16.5. The van der Waals surface area contributed by atoms with Crippen molar-refractivity contribution in [3.63, 3.8) is 0 Å². The zero-order valence-corrected chi connectivity index (χ0v) is 16.8. The monoisotopic (exact) mass is 398 g/mol. The lowest BCUT2D eigenvalue weighted by Gasteiger charge is -2.27. The van der Waals surface area contributed by atoms with E-state index in [9.17, 15) is 19.5 Å². The maximum atomic E-state index is 13.1. The van der Waals surface area contributed by atoms with Gasteiger partial charge in [0, 0.05) is 31.1 Å². The fraction of sp³-hybridized carbons (Fsp3) is 0.318. The first-order valence-electron chi connectivity index (χ1n) is 9.45. The van der Waals surface area contributed by atoms with E-state index in [1.54, 1.807) is 18.2 Å². The maximum absolute atomic E-state index is 13.1. The molecule has 0 fully saturated rings. The molecule has 0 aromatic heterocycles. The van der Waals surface area contributed by atoms with Crippen molar-refractivity contribution >= 4 is 17.8 Å². The number of hydrogen-bond acceptors (Lipinski definition) is 4. The number of para-hydroxylation sites is 1. The predicted molar refractivity (Wildman–Crippen MR) is 110 cm³/mol. The topological polar surface area (TPSA) is 95.9 Å². The van der Waals surface area contributed by atoms with Crippen LogP contribution in [0.5, 0.6) is 5.75 Å². The molecule has 154 valence electrons. The van der Waals surface area contributed by atoms with Crippen LogP contribution >= 0.6 is 0 Å². The molecule has 0 spiro atoms. The van der Waals surface area contributed by atoms with Crippen LogP contribution < -0.4 is 10.1 Å². The van der Waals surface area contributed by atoms with Crippen molar-refractivity contribution in [3.05, 3.63) is 54.1 Å². The first-order chi connectivity index (χ1) is 13.8. The Morgan fingerprint density at radius 1 is 1.14 bits per heavy atom. The predicted octanol–water partition coefficient (Wildman–Crippen LogP) is 2.80. The Bertz CT molecular complexity index is 881. The van der Waals surface area contributed by atoms with Crippen LogP contribution in [0.25, 0.3) is 11.1 Å². The molecular formula is C22H26N2O5. The van der Waals surface area contributed by atoms with Gasteiger partial charge in [-0.15, -0.1) is 0 Å². The largest absolute Gasteiger partial charge is 0.493 e. The van der Waals surface area contributed by atoms with Gasteiger partial charge in [-0.05, 0) is 37.6 Å². The number of nitrogens with zero attached hydrogens (tertiary/aromatic N) is 1. The molecule has 2 aromatic carbocycles. The van der Waals surface area contributed by atoms with Crippen LogP contribution in [-0.4, -0.2) is 53.5 Å². The summed E-state index contributed by atoms with van der Waals surface area (Å²) in [6.45, 7) is 5.49. The third-order valence-electron chi connectivity index (χ3n) is 4.42. The molecule has 7 nitrogen and oxygen atoms in total. The molecule has 0 radical (unpaired) electrons. The molecule has 7 heteroatoms. The second-order valence-electron chi connectivity index (χ2n) is 6.51. The number of hydrogen-bond donors (Lipinski definition) is 2. The fourth-order valence-electron chi connectivity index (χ4n) is 2.93. The Morgan fingerprint density at radius 3 is 2.52 bits per heavy atom. The highest BCUT2D eigenvalue weighted by molar-refractivity contribution is 5.97. The standard InChI is InChI=1S/C22H26N2O5/c1-4-29-20-11-6-5-10-19(20)17-8-7-9-18(14-17)21(26)24(15(2)22(27)28)13-12-23-16(3)25/h5-11,14-15H,4,12-13H2,1-3H3,(H,23,25)(H,27,28). The van der Waals surface area contributed by atoms with Crippen LogP contribution in [0.15, 0.2) is 48.5 Å². The second kappa shape index (κ2) is 10.3. The van der Waals surface area contributed by atoms with Crippen LogP contribution in [0.1, 0.15) is 31.1 Å². The van der Waals surface area contributed by atoms with E-state index >= 15 is 0 Å². The van der Waals surface area contributed by atoms with E-state index in [4.69, 9.17) is 4.74 Å². The van der Waals surface area contributed by atoms with Gasteiger partial charge in [0.1, 0.15) is 11.8 Å². The molecule has 0 aliphatic heterocycles. The van der Waals surface area contributed by atoms with E-state index in [1.807, 2.05) is 37.3 Å². The lowest BCUT2D eigenvalue weighted by atomic mass is 10.0. The number of benzene rings is 2. The summed E-state index contributed by atoms with van der Waals surface area (Å²) in [5.74, 6) is -1.06. The average Bonchev–Trinajstić information content (AvgIpc) is 2.71. The summed E-state index contributed by atoms with van der Waals surface area (Å²) in [4.78, 5) is 36.9. The number of nitrogens with one attached hydrogen (secondary N) is 1. The molecule has 2 rings (SSSR count). The zero-order valence-electron chi connectivity index (χ0n) is 16.8. The van der Waals surface area contributed by atoms with Crippen LogP contribution in [-0.2, 0) is 9.59 Å². The molecule has 2 amide bonds. The Balaban J connectivity index is 2.34. The quantitative estimate of drug-likeness (QED) is 0.677. The van der Waals surface area contributed by atoms with Crippen molar-refractivity contribution in [2.24, 2.45) is 0 Å². The van der Waals surface area contributed by atoms with Gasteiger partial charge in [0.25, 0.3) is 5.91 Å². The van der Waals surface area contributed by atoms with Gasteiger partial charge < -0.3 is 20.1 Å². The minimum atomic E-state index is -1.11. The SMILES string of the molecule is CCOc1ccccc1-c1cccc(C(=O)N(CCNC(C)=O)C(C)C(=O)O)c1. The molecule has 2 N–H and O–H groups in total. The maximum Gasteiger partial charge on any atom is 0.326 e. The molecule has 1 unspecified atom stereocenters. The molecule has 1 atom stereocenters. The van der Waals surface area contributed by atoms with Gasteiger partial charge in [0.05, 0.1) is 6.61 Å². The molecule has 2 aromatic rings. The van der Waals surface area contributed by atoms with Crippen LogP contribution in [0.3, 0.4) is 0 Å². The van der Waals surface area contributed by atoms with Crippen molar-refractivity contribution in [2.45, 2.75) is 26.8 Å². The van der Waals surface area contributed by atoms with Crippen LogP contribution in [0.4, 0.5) is 0 Å². The minimum Gasteiger partial charge on any atom is -0.493 e. The zero-order chi connectivity index (χ0) is 21.4. The van der Waals surface area contributed by atoms with Crippen molar-refractivity contribution in [3.8, 4) is 16.9 Å². The van der Waals surface area contributed by atoms with Gasteiger partial charge in [-0.2, -0.15) is 0 Å². The van der Waals surface area contributed by atoms with Crippen LogP contribution in [0.2, 0.25) is 0 Å². The number of carboxylic acids is 1. The molecule has 29 heavy (non-hydrogen) atoms. The van der Waals surface area contributed by atoms with Crippen molar-refractivity contribution in [1.82, 2.24) is 10.2 Å².